The third kappa shape index (κ3) is 3.02. The number of carbonyl (C=O) groups is 1. The van der Waals surface area contributed by atoms with Crippen LogP contribution in [0.25, 0.3) is 0 Å². The number of carboxylic acids is 1. The summed E-state index contributed by atoms with van der Waals surface area (Å²) in [6.45, 7) is 5.56. The molecule has 2 aliphatic rings. The molecule has 2 atom stereocenters. The molecule has 0 bridgehead atoms. The van der Waals surface area contributed by atoms with Gasteiger partial charge in [0.1, 0.15) is 0 Å². The fraction of sp³-hybridized carbons (Fsp3) is 0.923. The van der Waals surface area contributed by atoms with Crippen molar-refractivity contribution in [2.75, 3.05) is 33.0 Å². The van der Waals surface area contributed by atoms with E-state index in [1.54, 1.807) is 0 Å². The van der Waals surface area contributed by atoms with E-state index in [1.165, 1.54) is 0 Å². The topological polar surface area (TPSA) is 59.0 Å². The molecule has 0 spiro atoms. The van der Waals surface area contributed by atoms with Crippen LogP contribution in [-0.2, 0) is 14.3 Å². The van der Waals surface area contributed by atoms with E-state index in [4.69, 9.17) is 9.47 Å². The Labute approximate surface area is 108 Å². The first-order valence-electron chi connectivity index (χ1n) is 6.88. The summed E-state index contributed by atoms with van der Waals surface area (Å²) >= 11 is 0. The minimum atomic E-state index is -0.731. The van der Waals surface area contributed by atoms with Gasteiger partial charge >= 0.3 is 5.97 Å². The zero-order valence-electron chi connectivity index (χ0n) is 11.0. The summed E-state index contributed by atoms with van der Waals surface area (Å²) in [6.07, 6.45) is 3.05. The minimum Gasteiger partial charge on any atom is -0.481 e. The lowest BCUT2D eigenvalue weighted by Crippen LogP contribution is -2.50. The van der Waals surface area contributed by atoms with Gasteiger partial charge in [-0.15, -0.1) is 0 Å². The van der Waals surface area contributed by atoms with Gasteiger partial charge in [-0.1, -0.05) is 6.92 Å². The highest BCUT2D eigenvalue weighted by atomic mass is 16.5. The molecular formula is C13H23NO4. The number of rotatable bonds is 5. The van der Waals surface area contributed by atoms with E-state index in [1.807, 2.05) is 0 Å². The average Bonchev–Trinajstić information content (AvgIpc) is 2.86. The van der Waals surface area contributed by atoms with E-state index in [0.717, 1.165) is 39.0 Å². The van der Waals surface area contributed by atoms with Crippen LogP contribution in [0.15, 0.2) is 0 Å². The van der Waals surface area contributed by atoms with E-state index in [-0.39, 0.29) is 12.0 Å². The van der Waals surface area contributed by atoms with Crippen LogP contribution in [-0.4, -0.2) is 61.0 Å². The summed E-state index contributed by atoms with van der Waals surface area (Å²) in [5.41, 5.74) is 0. The molecule has 2 heterocycles. The largest absolute Gasteiger partial charge is 0.481 e. The van der Waals surface area contributed by atoms with Crippen LogP contribution in [0.5, 0.6) is 0 Å². The second-order valence-electron chi connectivity index (χ2n) is 5.13. The van der Waals surface area contributed by atoms with Crippen LogP contribution in [0.4, 0.5) is 0 Å². The zero-order valence-corrected chi connectivity index (χ0v) is 11.0. The Morgan fingerprint density at radius 3 is 2.61 bits per heavy atom. The van der Waals surface area contributed by atoms with E-state index in [0.29, 0.717) is 19.3 Å². The number of hydrogen-bond donors (Lipinski definition) is 1. The zero-order chi connectivity index (χ0) is 13.0. The number of ether oxygens (including phenoxy) is 2. The number of nitrogens with zero attached hydrogens (tertiary/aromatic N) is 1. The first-order chi connectivity index (χ1) is 8.74. The first-order valence-corrected chi connectivity index (χ1v) is 6.88. The van der Waals surface area contributed by atoms with Gasteiger partial charge in [0.25, 0.3) is 0 Å². The molecule has 104 valence electrons. The molecule has 2 rings (SSSR count). The van der Waals surface area contributed by atoms with E-state index >= 15 is 0 Å². The van der Waals surface area contributed by atoms with Crippen molar-refractivity contribution in [3.05, 3.63) is 0 Å². The van der Waals surface area contributed by atoms with Crippen molar-refractivity contribution in [3.63, 3.8) is 0 Å². The van der Waals surface area contributed by atoms with Gasteiger partial charge in [-0.05, 0) is 25.8 Å². The Balaban J connectivity index is 2.05. The highest BCUT2D eigenvalue weighted by Gasteiger charge is 2.40. The molecule has 0 aliphatic carbocycles. The molecule has 0 aromatic rings. The van der Waals surface area contributed by atoms with Crippen molar-refractivity contribution in [2.24, 2.45) is 5.92 Å². The molecule has 0 aromatic carbocycles. The summed E-state index contributed by atoms with van der Waals surface area (Å²) in [6, 6.07) is 0.484. The SMILES string of the molecule is CCCN(C1CCOCC1)C1COCC1C(=O)O. The second-order valence-corrected chi connectivity index (χ2v) is 5.13. The van der Waals surface area contributed by atoms with E-state index in [2.05, 4.69) is 11.8 Å². The molecule has 2 unspecified atom stereocenters. The average molecular weight is 257 g/mol. The van der Waals surface area contributed by atoms with Crippen molar-refractivity contribution in [3.8, 4) is 0 Å². The predicted octanol–water partition coefficient (Wildman–Crippen LogP) is 0.977. The van der Waals surface area contributed by atoms with Crippen LogP contribution < -0.4 is 0 Å². The normalized spacial score (nSPS) is 29.9. The number of hydrogen-bond acceptors (Lipinski definition) is 4. The van der Waals surface area contributed by atoms with E-state index < -0.39 is 5.97 Å². The highest BCUT2D eigenvalue weighted by Crippen LogP contribution is 2.26. The molecule has 2 aliphatic heterocycles. The standard InChI is InChI=1S/C13H23NO4/c1-2-5-14(10-3-6-17-7-4-10)12-9-18-8-11(12)13(15)16/h10-12H,2-9H2,1H3,(H,15,16). The summed E-state index contributed by atoms with van der Waals surface area (Å²) < 4.78 is 10.8. The quantitative estimate of drug-likeness (QED) is 0.795. The maximum absolute atomic E-state index is 11.3. The van der Waals surface area contributed by atoms with Gasteiger partial charge < -0.3 is 14.6 Å². The molecule has 0 radical (unpaired) electrons. The molecule has 1 N–H and O–H groups in total. The van der Waals surface area contributed by atoms with Crippen LogP contribution >= 0.6 is 0 Å². The molecule has 2 fully saturated rings. The maximum atomic E-state index is 11.3. The van der Waals surface area contributed by atoms with Crippen molar-refractivity contribution < 1.29 is 19.4 Å². The van der Waals surface area contributed by atoms with Crippen molar-refractivity contribution in [1.82, 2.24) is 4.90 Å². The van der Waals surface area contributed by atoms with Crippen molar-refractivity contribution in [1.29, 1.82) is 0 Å². The van der Waals surface area contributed by atoms with Crippen LogP contribution in [0, 0.1) is 5.92 Å². The number of carboxylic acid groups (broad SMARTS) is 1. The van der Waals surface area contributed by atoms with Gasteiger partial charge in [0, 0.05) is 25.3 Å². The van der Waals surface area contributed by atoms with Gasteiger partial charge in [-0.3, -0.25) is 9.69 Å². The molecule has 2 saturated heterocycles. The fourth-order valence-electron chi connectivity index (χ4n) is 3.00. The molecule has 0 saturated carbocycles. The number of aliphatic carboxylic acids is 1. The third-order valence-corrected chi connectivity index (χ3v) is 3.94. The highest BCUT2D eigenvalue weighted by molar-refractivity contribution is 5.71. The third-order valence-electron chi connectivity index (χ3n) is 3.94. The van der Waals surface area contributed by atoms with Crippen molar-refractivity contribution in [2.45, 2.75) is 38.3 Å². The molecule has 5 heteroatoms. The maximum Gasteiger partial charge on any atom is 0.310 e. The van der Waals surface area contributed by atoms with Gasteiger partial charge in [0.2, 0.25) is 0 Å². The molecular weight excluding hydrogens is 234 g/mol. The Hall–Kier alpha value is -0.650. The Morgan fingerprint density at radius 2 is 2.00 bits per heavy atom. The molecule has 18 heavy (non-hydrogen) atoms. The summed E-state index contributed by atoms with van der Waals surface area (Å²) in [5, 5.41) is 9.27. The van der Waals surface area contributed by atoms with Gasteiger partial charge in [0.05, 0.1) is 19.1 Å². The summed E-state index contributed by atoms with van der Waals surface area (Å²) in [7, 11) is 0. The van der Waals surface area contributed by atoms with Crippen LogP contribution in [0.2, 0.25) is 0 Å². The van der Waals surface area contributed by atoms with E-state index in [9.17, 15) is 9.90 Å². The Kier molecular flexibility index (Phi) is 4.97. The summed E-state index contributed by atoms with van der Waals surface area (Å²) in [4.78, 5) is 13.6. The Morgan fingerprint density at radius 1 is 1.28 bits per heavy atom. The second kappa shape index (κ2) is 6.50. The Bertz CT molecular complexity index is 278. The lowest BCUT2D eigenvalue weighted by Gasteiger charge is -2.39. The summed E-state index contributed by atoms with van der Waals surface area (Å²) in [5.74, 6) is -1.11. The lowest BCUT2D eigenvalue weighted by atomic mass is 9.97. The fourth-order valence-corrected chi connectivity index (χ4v) is 3.00. The molecule has 0 aromatic heterocycles. The molecule has 5 nitrogen and oxygen atoms in total. The smallest absolute Gasteiger partial charge is 0.310 e. The monoisotopic (exact) mass is 257 g/mol. The van der Waals surface area contributed by atoms with Gasteiger partial charge in [-0.2, -0.15) is 0 Å². The first kappa shape index (κ1) is 13.8. The van der Waals surface area contributed by atoms with Gasteiger partial charge in [-0.25, -0.2) is 0 Å². The van der Waals surface area contributed by atoms with Crippen LogP contribution in [0.1, 0.15) is 26.2 Å². The van der Waals surface area contributed by atoms with Crippen LogP contribution in [0.3, 0.4) is 0 Å². The lowest BCUT2D eigenvalue weighted by molar-refractivity contribution is -0.143. The predicted molar refractivity (Wildman–Crippen MR) is 66.6 cm³/mol. The minimum absolute atomic E-state index is 0.0329. The molecule has 0 amide bonds. The van der Waals surface area contributed by atoms with Gasteiger partial charge in [0.15, 0.2) is 0 Å². The van der Waals surface area contributed by atoms with Crippen molar-refractivity contribution >= 4 is 5.97 Å².